The number of hydrogen-bond donors (Lipinski definition) is 4. The van der Waals surface area contributed by atoms with Crippen molar-refractivity contribution in [2.75, 3.05) is 20.2 Å². The Labute approximate surface area is 254 Å². The maximum atomic E-state index is 13.8. The van der Waals surface area contributed by atoms with Gasteiger partial charge in [0.25, 0.3) is 0 Å². The second kappa shape index (κ2) is 11.9. The fourth-order valence-electron chi connectivity index (χ4n) is 6.31. The minimum absolute atomic E-state index is 0.0126. The first-order valence-corrected chi connectivity index (χ1v) is 14.7. The summed E-state index contributed by atoms with van der Waals surface area (Å²) in [6, 6.07) is 3.86. The van der Waals surface area contributed by atoms with Gasteiger partial charge in [0.1, 0.15) is 29.0 Å². The molecule has 6 atom stereocenters. The van der Waals surface area contributed by atoms with Gasteiger partial charge in [-0.05, 0) is 33.8 Å². The smallest absolute Gasteiger partial charge is 0.202 e. The van der Waals surface area contributed by atoms with E-state index in [1.165, 1.54) is 32.2 Å². The van der Waals surface area contributed by atoms with Crippen molar-refractivity contribution >= 4 is 23.7 Å². The molecule has 0 aromatic heterocycles. The van der Waals surface area contributed by atoms with E-state index in [9.17, 15) is 34.8 Å². The molecule has 3 aliphatic rings. The van der Waals surface area contributed by atoms with Crippen molar-refractivity contribution in [3.63, 3.8) is 0 Å². The maximum absolute atomic E-state index is 13.8. The van der Waals surface area contributed by atoms with Gasteiger partial charge in [-0.2, -0.15) is 0 Å². The molecule has 44 heavy (non-hydrogen) atoms. The van der Waals surface area contributed by atoms with E-state index >= 15 is 0 Å². The van der Waals surface area contributed by atoms with Gasteiger partial charge < -0.3 is 39.5 Å². The van der Waals surface area contributed by atoms with Gasteiger partial charge in [0.15, 0.2) is 17.9 Å². The highest BCUT2D eigenvalue weighted by Gasteiger charge is 2.49. The summed E-state index contributed by atoms with van der Waals surface area (Å²) in [4.78, 5) is 46.6. The Morgan fingerprint density at radius 2 is 1.82 bits per heavy atom. The summed E-state index contributed by atoms with van der Waals surface area (Å²) in [5.74, 6) is -3.15. The molecule has 2 aliphatic carbocycles. The third kappa shape index (κ3) is 5.15. The molecule has 4 unspecified atom stereocenters. The van der Waals surface area contributed by atoms with E-state index in [2.05, 4.69) is 4.99 Å². The Morgan fingerprint density at radius 1 is 1.14 bits per heavy atom. The lowest BCUT2D eigenvalue weighted by Crippen LogP contribution is -2.49. The molecule has 5 rings (SSSR count). The number of aliphatic hydroxyl groups is 2. The van der Waals surface area contributed by atoms with Gasteiger partial charge in [0.2, 0.25) is 5.78 Å². The summed E-state index contributed by atoms with van der Waals surface area (Å²) < 4.78 is 17.5. The molecule has 0 radical (unpaired) electrons. The minimum atomic E-state index is -2.02. The Bertz CT molecular complexity index is 1530. The number of aliphatic imine (C=N–C) groups is 1. The van der Waals surface area contributed by atoms with Crippen molar-refractivity contribution in [3.05, 3.63) is 51.6 Å². The number of carbonyl (C=O) groups excluding carboxylic acids is 3. The molecule has 4 N–H and O–H groups in total. The number of benzene rings is 2. The van der Waals surface area contributed by atoms with Crippen molar-refractivity contribution in [3.8, 4) is 17.2 Å². The van der Waals surface area contributed by atoms with Gasteiger partial charge in [-0.25, -0.2) is 0 Å². The fraction of sp³-hybridized carbons (Fsp3) is 0.500. The first kappa shape index (κ1) is 31.6. The van der Waals surface area contributed by atoms with Crippen LogP contribution in [-0.2, 0) is 20.7 Å². The molecule has 12 nitrogen and oxygen atoms in total. The lowest BCUT2D eigenvalue weighted by molar-refractivity contribution is -0.246. The normalized spacial score (nSPS) is 27.9. The second-order valence-electron chi connectivity index (χ2n) is 11.5. The lowest BCUT2D eigenvalue weighted by Gasteiger charge is -2.42. The predicted molar refractivity (Wildman–Crippen MR) is 158 cm³/mol. The number of carbonyl (C=O) groups is 3. The first-order valence-electron chi connectivity index (χ1n) is 14.7. The number of Topliss-reactive ketones (excluding diaryl/α,β-unsaturated/α-hetero) is 1. The van der Waals surface area contributed by atoms with E-state index in [-0.39, 0.29) is 40.8 Å². The molecule has 0 amide bonds. The van der Waals surface area contributed by atoms with E-state index in [1.54, 1.807) is 13.3 Å². The van der Waals surface area contributed by atoms with Crippen molar-refractivity contribution in [1.29, 1.82) is 0 Å². The quantitative estimate of drug-likeness (QED) is 0.167. The number of phenols is 2. The number of phenolic OH excluding ortho intramolecular Hbond substituents is 2. The topological polar surface area (TPSA) is 175 Å². The number of aliphatic hydroxyl groups excluding tert-OH is 1. The Hall–Kier alpha value is -3.84. The van der Waals surface area contributed by atoms with Crippen molar-refractivity contribution in [1.82, 2.24) is 4.90 Å². The molecule has 1 fully saturated rings. The van der Waals surface area contributed by atoms with Crippen LogP contribution in [0.1, 0.15) is 89.6 Å². The zero-order valence-electron chi connectivity index (χ0n) is 25.4. The SMILES string of the molecule is CCN(C=N[C@H]1CC(O[C@H]2CC(O)(C(C)=O)Cc3c(O)c4c(c(O)c32)C(=O)c2c(OC)cccc2C4=O)OC(C)C1O)CC. The largest absolute Gasteiger partial charge is 0.507 e. The Morgan fingerprint density at radius 3 is 2.45 bits per heavy atom. The van der Waals surface area contributed by atoms with Crippen LogP contribution in [0, 0.1) is 0 Å². The van der Waals surface area contributed by atoms with E-state index in [0.717, 1.165) is 13.1 Å². The third-order valence-corrected chi connectivity index (χ3v) is 8.96. The van der Waals surface area contributed by atoms with Gasteiger partial charge in [0.05, 0.1) is 48.4 Å². The molecule has 2 aromatic carbocycles. The summed E-state index contributed by atoms with van der Waals surface area (Å²) in [5.41, 5.74) is -3.03. The summed E-state index contributed by atoms with van der Waals surface area (Å²) >= 11 is 0. The maximum Gasteiger partial charge on any atom is 0.202 e. The van der Waals surface area contributed by atoms with Crippen LogP contribution in [0.15, 0.2) is 23.2 Å². The highest BCUT2D eigenvalue weighted by atomic mass is 16.7. The summed E-state index contributed by atoms with van der Waals surface area (Å²) in [6.45, 7) is 8.27. The summed E-state index contributed by atoms with van der Waals surface area (Å²) in [7, 11) is 1.35. The van der Waals surface area contributed by atoms with Crippen molar-refractivity contribution in [2.45, 2.75) is 83.2 Å². The van der Waals surface area contributed by atoms with E-state index in [1.807, 2.05) is 18.7 Å². The van der Waals surface area contributed by atoms with Crippen molar-refractivity contribution < 1.29 is 49.0 Å². The fourth-order valence-corrected chi connectivity index (χ4v) is 6.31. The molecule has 1 saturated heterocycles. The molecule has 236 valence electrons. The molecule has 2 aromatic rings. The molecule has 12 heteroatoms. The number of ketones is 3. The number of methoxy groups -OCH3 is 1. The molecular weight excluding hydrogens is 572 g/mol. The van der Waals surface area contributed by atoms with Crippen molar-refractivity contribution in [2.24, 2.45) is 4.99 Å². The molecule has 1 heterocycles. The van der Waals surface area contributed by atoms with Gasteiger partial charge in [-0.15, -0.1) is 0 Å². The average Bonchev–Trinajstić information content (AvgIpc) is 2.99. The highest BCUT2D eigenvalue weighted by Crippen LogP contribution is 2.52. The average molecular weight is 611 g/mol. The zero-order chi connectivity index (χ0) is 32.1. The van der Waals surface area contributed by atoms with Crippen LogP contribution in [0.2, 0.25) is 0 Å². The number of hydrogen-bond acceptors (Lipinski definition) is 11. The van der Waals surface area contributed by atoms with Crippen LogP contribution in [0.5, 0.6) is 17.2 Å². The second-order valence-corrected chi connectivity index (χ2v) is 11.5. The molecule has 0 saturated carbocycles. The van der Waals surface area contributed by atoms with Crippen LogP contribution in [0.4, 0.5) is 0 Å². The van der Waals surface area contributed by atoms with Gasteiger partial charge in [0, 0.05) is 49.0 Å². The van der Waals surface area contributed by atoms with Gasteiger partial charge in [-0.3, -0.25) is 19.4 Å². The predicted octanol–water partition coefficient (Wildman–Crippen LogP) is 2.44. The molecule has 0 bridgehead atoms. The number of ether oxygens (including phenoxy) is 3. The standard InChI is InChI=1S/C32H38N2O10/c1-6-34(7-2)14-33-19-11-22(43-15(3)27(19)36)44-21-13-32(41,16(4)35)12-18-24(21)31(40)26-25(29(18)38)28(37)17-9-8-10-20(42-5)23(17)30(26)39/h8-10,14-15,19,21-22,27,36,38,40-41H,6-7,11-13H2,1-5H3/t15?,19-,21-,22?,27?,32?/m0/s1. The number of nitrogens with zero attached hydrogens (tertiary/aromatic N) is 2. The van der Waals surface area contributed by atoms with E-state index in [4.69, 9.17) is 14.2 Å². The summed E-state index contributed by atoms with van der Waals surface area (Å²) in [5, 5.41) is 45.3. The van der Waals surface area contributed by atoms with E-state index in [0.29, 0.717) is 0 Å². The first-order chi connectivity index (χ1) is 20.9. The monoisotopic (exact) mass is 610 g/mol. The highest BCUT2D eigenvalue weighted by molar-refractivity contribution is 6.31. The number of aromatic hydroxyl groups is 2. The zero-order valence-corrected chi connectivity index (χ0v) is 25.4. The van der Waals surface area contributed by atoms with Gasteiger partial charge >= 0.3 is 0 Å². The molecule has 1 aliphatic heterocycles. The minimum Gasteiger partial charge on any atom is -0.507 e. The van der Waals surface area contributed by atoms with Gasteiger partial charge in [-0.1, -0.05) is 12.1 Å². The van der Waals surface area contributed by atoms with Crippen LogP contribution < -0.4 is 4.74 Å². The number of fused-ring (bicyclic) bond motifs is 3. The van der Waals surface area contributed by atoms with Crippen LogP contribution in [0.3, 0.4) is 0 Å². The van der Waals surface area contributed by atoms with Crippen LogP contribution >= 0.6 is 0 Å². The van der Waals surface area contributed by atoms with E-state index < -0.39 is 82.6 Å². The number of rotatable bonds is 8. The summed E-state index contributed by atoms with van der Waals surface area (Å²) in [6.07, 6.45) is -2.86. The van der Waals surface area contributed by atoms with Crippen LogP contribution in [0.25, 0.3) is 0 Å². The lowest BCUT2D eigenvalue weighted by atomic mass is 9.72. The Kier molecular flexibility index (Phi) is 8.56. The van der Waals surface area contributed by atoms with Crippen LogP contribution in [-0.4, -0.2) is 99.4 Å². The third-order valence-electron chi connectivity index (χ3n) is 8.96. The molecule has 0 spiro atoms. The Balaban J connectivity index is 1.59. The molecular formula is C32H38N2O10.